The lowest BCUT2D eigenvalue weighted by Crippen LogP contribution is -2.40. The lowest BCUT2D eigenvalue weighted by Gasteiger charge is -2.31. The third-order valence-corrected chi connectivity index (χ3v) is 5.38. The Morgan fingerprint density at radius 1 is 1.22 bits per heavy atom. The second-order valence-corrected chi connectivity index (χ2v) is 8.01. The van der Waals surface area contributed by atoms with Crippen LogP contribution in [-0.2, 0) is 10.0 Å². The van der Waals surface area contributed by atoms with E-state index in [0.29, 0.717) is 18.5 Å². The second-order valence-electron chi connectivity index (χ2n) is 6.03. The largest absolute Gasteiger partial charge is 0.316 e. The number of hydrogen-bond donors (Lipinski definition) is 1. The summed E-state index contributed by atoms with van der Waals surface area (Å²) in [7, 11) is -3.02. The first kappa shape index (κ1) is 14.2. The molecule has 0 aromatic carbocycles. The van der Waals surface area contributed by atoms with Crippen molar-refractivity contribution in [2.75, 3.05) is 52.1 Å². The average molecular weight is 275 g/mol. The van der Waals surface area contributed by atoms with Gasteiger partial charge in [0.1, 0.15) is 0 Å². The third kappa shape index (κ3) is 3.66. The highest BCUT2D eigenvalue weighted by Crippen LogP contribution is 2.26. The van der Waals surface area contributed by atoms with Crippen molar-refractivity contribution in [2.45, 2.75) is 19.8 Å². The molecule has 0 aromatic rings. The van der Waals surface area contributed by atoms with Crippen molar-refractivity contribution in [3.05, 3.63) is 0 Å². The smallest absolute Gasteiger partial charge is 0.211 e. The van der Waals surface area contributed by atoms with E-state index in [-0.39, 0.29) is 0 Å². The fourth-order valence-electron chi connectivity index (χ4n) is 2.98. The number of nitrogens with one attached hydrogen (secondary N) is 1. The monoisotopic (exact) mass is 275 g/mol. The molecule has 0 aromatic heterocycles. The van der Waals surface area contributed by atoms with Gasteiger partial charge in [0.15, 0.2) is 0 Å². The van der Waals surface area contributed by atoms with Crippen LogP contribution in [0.25, 0.3) is 0 Å². The quantitative estimate of drug-likeness (QED) is 0.785. The van der Waals surface area contributed by atoms with Gasteiger partial charge in [-0.1, -0.05) is 6.92 Å². The fourth-order valence-corrected chi connectivity index (χ4v) is 3.85. The molecule has 1 N–H and O–H groups in total. The Labute approximate surface area is 111 Å². The van der Waals surface area contributed by atoms with E-state index in [4.69, 9.17) is 0 Å². The summed E-state index contributed by atoms with van der Waals surface area (Å²) in [6.07, 6.45) is 3.47. The van der Waals surface area contributed by atoms with Crippen molar-refractivity contribution in [1.29, 1.82) is 0 Å². The molecule has 18 heavy (non-hydrogen) atoms. The van der Waals surface area contributed by atoms with Gasteiger partial charge in [-0.2, -0.15) is 0 Å². The summed E-state index contributed by atoms with van der Waals surface area (Å²) in [5.41, 5.74) is 0.361. The molecule has 0 bridgehead atoms. The van der Waals surface area contributed by atoms with Gasteiger partial charge in [-0.15, -0.1) is 0 Å². The molecular formula is C12H25N3O2S. The van der Waals surface area contributed by atoms with Crippen LogP contribution in [0.4, 0.5) is 0 Å². The first-order valence-corrected chi connectivity index (χ1v) is 8.62. The number of hydrogen-bond acceptors (Lipinski definition) is 4. The standard InChI is InChI=1S/C12H25N3O2S/c1-12(4-5-13-10-12)11-14-6-3-7-15(9-8-14)18(2,16)17/h13H,3-11H2,1-2H3. The topological polar surface area (TPSA) is 52.7 Å². The molecule has 1 atom stereocenters. The normalized spacial score (nSPS) is 32.6. The highest BCUT2D eigenvalue weighted by molar-refractivity contribution is 7.88. The van der Waals surface area contributed by atoms with Crippen LogP contribution >= 0.6 is 0 Å². The van der Waals surface area contributed by atoms with Gasteiger partial charge in [0.05, 0.1) is 6.26 Å². The SMILES string of the molecule is CC1(CN2CCCN(S(C)(=O)=O)CC2)CCNC1. The molecule has 2 fully saturated rings. The van der Waals surface area contributed by atoms with Gasteiger partial charge in [0.25, 0.3) is 0 Å². The van der Waals surface area contributed by atoms with Crippen LogP contribution in [-0.4, -0.2) is 69.7 Å². The summed E-state index contributed by atoms with van der Waals surface area (Å²) in [4.78, 5) is 2.43. The van der Waals surface area contributed by atoms with Crippen molar-refractivity contribution in [3.63, 3.8) is 0 Å². The molecular weight excluding hydrogens is 250 g/mol. The van der Waals surface area contributed by atoms with E-state index < -0.39 is 10.0 Å². The van der Waals surface area contributed by atoms with E-state index in [2.05, 4.69) is 17.1 Å². The first-order chi connectivity index (χ1) is 8.39. The minimum absolute atomic E-state index is 0.361. The van der Waals surface area contributed by atoms with Crippen LogP contribution in [0.15, 0.2) is 0 Å². The Hall–Kier alpha value is -0.170. The van der Waals surface area contributed by atoms with Crippen molar-refractivity contribution < 1.29 is 8.42 Å². The van der Waals surface area contributed by atoms with E-state index in [1.54, 1.807) is 4.31 Å². The zero-order valence-electron chi connectivity index (χ0n) is 11.5. The Balaban J connectivity index is 1.89. The average Bonchev–Trinajstić information content (AvgIpc) is 2.54. The van der Waals surface area contributed by atoms with Crippen molar-refractivity contribution in [2.24, 2.45) is 5.41 Å². The lowest BCUT2D eigenvalue weighted by molar-refractivity contribution is 0.184. The maximum absolute atomic E-state index is 11.6. The molecule has 2 aliphatic heterocycles. The molecule has 2 aliphatic rings. The predicted molar refractivity (Wildman–Crippen MR) is 73.1 cm³/mol. The lowest BCUT2D eigenvalue weighted by atomic mass is 9.89. The fraction of sp³-hybridized carbons (Fsp3) is 1.00. The Morgan fingerprint density at radius 2 is 2.00 bits per heavy atom. The van der Waals surface area contributed by atoms with Crippen LogP contribution in [0.2, 0.25) is 0 Å². The number of rotatable bonds is 3. The van der Waals surface area contributed by atoms with E-state index in [0.717, 1.165) is 39.1 Å². The van der Waals surface area contributed by atoms with E-state index in [1.807, 2.05) is 0 Å². The second kappa shape index (κ2) is 5.45. The molecule has 106 valence electrons. The van der Waals surface area contributed by atoms with E-state index in [1.165, 1.54) is 12.7 Å². The van der Waals surface area contributed by atoms with Gasteiger partial charge in [0, 0.05) is 32.7 Å². The van der Waals surface area contributed by atoms with Gasteiger partial charge >= 0.3 is 0 Å². The molecule has 2 saturated heterocycles. The predicted octanol–water partition coefficient (Wildman–Crippen LogP) is -0.0467. The minimum Gasteiger partial charge on any atom is -0.316 e. The first-order valence-electron chi connectivity index (χ1n) is 6.77. The van der Waals surface area contributed by atoms with Gasteiger partial charge in [0.2, 0.25) is 10.0 Å². The molecule has 0 radical (unpaired) electrons. The molecule has 5 nitrogen and oxygen atoms in total. The molecule has 2 heterocycles. The zero-order chi connectivity index (χ0) is 13.2. The molecule has 0 spiro atoms. The summed E-state index contributed by atoms with van der Waals surface area (Å²) in [5.74, 6) is 0. The molecule has 6 heteroatoms. The molecule has 0 aliphatic carbocycles. The zero-order valence-corrected chi connectivity index (χ0v) is 12.3. The van der Waals surface area contributed by atoms with Gasteiger partial charge in [-0.05, 0) is 31.3 Å². The Bertz CT molecular complexity index is 377. The maximum Gasteiger partial charge on any atom is 0.211 e. The van der Waals surface area contributed by atoms with E-state index in [9.17, 15) is 8.42 Å². The summed E-state index contributed by atoms with van der Waals surface area (Å²) in [6.45, 7) is 8.79. The number of nitrogens with zero attached hydrogens (tertiary/aromatic N) is 2. The molecule has 1 unspecified atom stereocenters. The molecule has 2 rings (SSSR count). The van der Waals surface area contributed by atoms with Crippen LogP contribution < -0.4 is 5.32 Å². The third-order valence-electron chi connectivity index (χ3n) is 4.08. The van der Waals surface area contributed by atoms with Gasteiger partial charge in [-0.3, -0.25) is 0 Å². The molecule has 0 saturated carbocycles. The minimum atomic E-state index is -3.02. The molecule has 0 amide bonds. The van der Waals surface area contributed by atoms with Crippen LogP contribution in [0, 0.1) is 5.41 Å². The van der Waals surface area contributed by atoms with Gasteiger partial charge in [-0.25, -0.2) is 12.7 Å². The maximum atomic E-state index is 11.6. The van der Waals surface area contributed by atoms with Crippen LogP contribution in [0.5, 0.6) is 0 Å². The summed E-state index contributed by atoms with van der Waals surface area (Å²) >= 11 is 0. The highest BCUT2D eigenvalue weighted by atomic mass is 32.2. The Morgan fingerprint density at radius 3 is 2.61 bits per heavy atom. The van der Waals surface area contributed by atoms with Gasteiger partial charge < -0.3 is 10.2 Å². The Kier molecular flexibility index (Phi) is 4.31. The van der Waals surface area contributed by atoms with E-state index >= 15 is 0 Å². The van der Waals surface area contributed by atoms with Crippen molar-refractivity contribution in [1.82, 2.24) is 14.5 Å². The summed E-state index contributed by atoms with van der Waals surface area (Å²) in [6, 6.07) is 0. The van der Waals surface area contributed by atoms with Crippen molar-refractivity contribution in [3.8, 4) is 0 Å². The highest BCUT2D eigenvalue weighted by Gasteiger charge is 2.31. The van der Waals surface area contributed by atoms with Crippen LogP contribution in [0.3, 0.4) is 0 Å². The summed E-state index contributed by atoms with van der Waals surface area (Å²) in [5, 5.41) is 3.42. The summed E-state index contributed by atoms with van der Waals surface area (Å²) < 4.78 is 24.7. The van der Waals surface area contributed by atoms with Crippen molar-refractivity contribution >= 4 is 10.0 Å². The van der Waals surface area contributed by atoms with Crippen LogP contribution in [0.1, 0.15) is 19.8 Å². The number of sulfonamides is 1.